The average Bonchev–Trinajstić information content (AvgIpc) is 2.99. The van der Waals surface area contributed by atoms with E-state index in [-0.39, 0.29) is 11.7 Å². The van der Waals surface area contributed by atoms with Gasteiger partial charge in [-0.05, 0) is 24.3 Å². The lowest BCUT2D eigenvalue weighted by Gasteiger charge is -2.06. The minimum absolute atomic E-state index is 0.143. The molecule has 0 aliphatic carbocycles. The topological polar surface area (TPSA) is 76.1 Å². The van der Waals surface area contributed by atoms with Gasteiger partial charge < -0.3 is 5.32 Å². The zero-order chi connectivity index (χ0) is 16.2. The van der Waals surface area contributed by atoms with Gasteiger partial charge in [-0.15, -0.1) is 11.3 Å². The van der Waals surface area contributed by atoms with Crippen LogP contribution < -0.4 is 5.32 Å². The molecule has 1 heterocycles. The second kappa shape index (κ2) is 7.16. The monoisotopic (exact) mass is 364 g/mol. The number of amides is 1. The molecule has 0 aliphatic heterocycles. The molecule has 2 rings (SSSR count). The third kappa shape index (κ3) is 4.24. The third-order valence-electron chi connectivity index (χ3n) is 2.44. The van der Waals surface area contributed by atoms with Crippen LogP contribution in [0.15, 0.2) is 45.1 Å². The molecule has 0 radical (unpaired) electrons. The molecule has 1 amide bonds. The van der Waals surface area contributed by atoms with Gasteiger partial charge in [-0.1, -0.05) is 11.8 Å². The van der Waals surface area contributed by atoms with Gasteiger partial charge in [-0.3, -0.25) is 4.79 Å². The van der Waals surface area contributed by atoms with Crippen molar-refractivity contribution in [2.45, 2.75) is 15.0 Å². The van der Waals surface area contributed by atoms with Crippen LogP contribution in [0, 0.1) is 0 Å². The van der Waals surface area contributed by atoms with Crippen molar-refractivity contribution in [2.75, 3.05) is 11.1 Å². The first-order chi connectivity index (χ1) is 10.4. The molecule has 22 heavy (non-hydrogen) atoms. The van der Waals surface area contributed by atoms with Gasteiger partial charge in [0, 0.05) is 17.3 Å². The van der Waals surface area contributed by atoms with E-state index in [1.807, 2.05) is 0 Å². The van der Waals surface area contributed by atoms with Crippen molar-refractivity contribution in [2.24, 2.45) is 0 Å². The van der Waals surface area contributed by atoms with Gasteiger partial charge in [0.1, 0.15) is 4.34 Å². The van der Waals surface area contributed by atoms with Crippen molar-refractivity contribution in [3.63, 3.8) is 0 Å². The zero-order valence-electron chi connectivity index (χ0n) is 10.9. The molecular formula is C12H10F2N2O3S3. The summed E-state index contributed by atoms with van der Waals surface area (Å²) in [5.41, 5.74) is 0.331. The first-order valence-corrected chi connectivity index (χ1v) is 9.25. The molecule has 1 aromatic heterocycles. The van der Waals surface area contributed by atoms with Gasteiger partial charge >= 0.3 is 5.76 Å². The number of aromatic nitrogens is 1. The van der Waals surface area contributed by atoms with Crippen molar-refractivity contribution < 1.29 is 22.0 Å². The Balaban J connectivity index is 1.95. The molecule has 0 bridgehead atoms. The number of thioether (sulfide) groups is 1. The lowest BCUT2D eigenvalue weighted by atomic mass is 10.3. The van der Waals surface area contributed by atoms with Crippen LogP contribution in [0.2, 0.25) is 0 Å². The summed E-state index contributed by atoms with van der Waals surface area (Å²) in [6.07, 6.45) is 1.63. The fraction of sp³-hybridized carbons (Fsp3) is 0.167. The van der Waals surface area contributed by atoms with Crippen LogP contribution in [0.25, 0.3) is 0 Å². The van der Waals surface area contributed by atoms with Crippen molar-refractivity contribution in [1.82, 2.24) is 4.98 Å². The Morgan fingerprint density at radius 3 is 2.55 bits per heavy atom. The highest BCUT2D eigenvalue weighted by Crippen LogP contribution is 2.22. The Kier molecular flexibility index (Phi) is 5.48. The number of hydrogen-bond donors (Lipinski definition) is 1. The Labute approximate surface area is 133 Å². The number of nitrogens with one attached hydrogen (secondary N) is 1. The van der Waals surface area contributed by atoms with E-state index in [9.17, 15) is 22.0 Å². The van der Waals surface area contributed by atoms with Crippen LogP contribution in [0.1, 0.15) is 0 Å². The molecule has 0 unspecified atom stereocenters. The van der Waals surface area contributed by atoms with Crippen LogP contribution in [-0.4, -0.2) is 30.8 Å². The average molecular weight is 364 g/mol. The fourth-order valence-corrected chi connectivity index (χ4v) is 3.60. The highest BCUT2D eigenvalue weighted by Gasteiger charge is 2.26. The number of rotatable bonds is 6. The SMILES string of the molecule is O=C(CSc1nccs1)Nc1ccc(S(=O)(=O)C(F)F)cc1. The van der Waals surface area contributed by atoms with Crippen molar-refractivity contribution >= 4 is 44.5 Å². The Hall–Kier alpha value is -1.52. The number of carbonyl (C=O) groups excluding carboxylic acids is 1. The van der Waals surface area contributed by atoms with E-state index in [1.165, 1.54) is 35.2 Å². The Morgan fingerprint density at radius 1 is 1.32 bits per heavy atom. The van der Waals surface area contributed by atoms with E-state index in [0.717, 1.165) is 16.5 Å². The predicted molar refractivity (Wildman–Crippen MR) is 81.1 cm³/mol. The first kappa shape index (κ1) is 16.8. The third-order valence-corrected chi connectivity index (χ3v) is 5.80. The van der Waals surface area contributed by atoms with Crippen molar-refractivity contribution in [3.8, 4) is 0 Å². The number of benzene rings is 1. The number of hydrogen-bond acceptors (Lipinski definition) is 6. The van der Waals surface area contributed by atoms with Gasteiger partial charge in [0.15, 0.2) is 0 Å². The lowest BCUT2D eigenvalue weighted by molar-refractivity contribution is -0.113. The smallest absolute Gasteiger partial charge is 0.325 e. The highest BCUT2D eigenvalue weighted by molar-refractivity contribution is 8.01. The molecule has 0 fully saturated rings. The summed E-state index contributed by atoms with van der Waals surface area (Å²) in [6.45, 7) is 0. The molecular weight excluding hydrogens is 354 g/mol. The van der Waals surface area contributed by atoms with Crippen LogP contribution in [0.4, 0.5) is 14.5 Å². The number of thiazole rings is 1. The maximum atomic E-state index is 12.4. The van der Waals surface area contributed by atoms with E-state index in [2.05, 4.69) is 10.3 Å². The standard InChI is InChI=1S/C12H10F2N2O3S3/c13-11(14)22(18,19)9-3-1-8(2-4-9)16-10(17)7-21-12-15-5-6-20-12/h1-6,11H,7H2,(H,16,17). The summed E-state index contributed by atoms with van der Waals surface area (Å²) >= 11 is 2.68. The fourth-order valence-electron chi connectivity index (χ4n) is 1.44. The molecule has 118 valence electrons. The minimum Gasteiger partial charge on any atom is -0.325 e. The van der Waals surface area contributed by atoms with Gasteiger partial charge in [-0.2, -0.15) is 8.78 Å². The second-order valence-electron chi connectivity index (χ2n) is 3.96. The van der Waals surface area contributed by atoms with Crippen LogP contribution >= 0.6 is 23.1 Å². The van der Waals surface area contributed by atoms with E-state index in [4.69, 9.17) is 0 Å². The predicted octanol–water partition coefficient (Wildman–Crippen LogP) is 2.87. The largest absolute Gasteiger partial charge is 0.341 e. The molecule has 1 N–H and O–H groups in total. The lowest BCUT2D eigenvalue weighted by Crippen LogP contribution is -2.14. The van der Waals surface area contributed by atoms with Gasteiger partial charge in [0.05, 0.1) is 10.6 Å². The van der Waals surface area contributed by atoms with Gasteiger partial charge in [-0.25, -0.2) is 13.4 Å². The second-order valence-corrected chi connectivity index (χ2v) is 8.00. The van der Waals surface area contributed by atoms with Crippen molar-refractivity contribution in [1.29, 1.82) is 0 Å². The van der Waals surface area contributed by atoms with Crippen molar-refractivity contribution in [3.05, 3.63) is 35.8 Å². The molecule has 0 spiro atoms. The number of halogens is 2. The quantitative estimate of drug-likeness (QED) is 0.798. The highest BCUT2D eigenvalue weighted by atomic mass is 32.2. The number of sulfone groups is 1. The van der Waals surface area contributed by atoms with Gasteiger partial charge in [0.2, 0.25) is 15.7 Å². The normalized spacial score (nSPS) is 11.6. The van der Waals surface area contributed by atoms with Crippen LogP contribution in [-0.2, 0) is 14.6 Å². The van der Waals surface area contributed by atoms with E-state index in [0.29, 0.717) is 5.69 Å². The molecule has 0 saturated heterocycles. The molecule has 5 nitrogen and oxygen atoms in total. The first-order valence-electron chi connectivity index (χ1n) is 5.84. The summed E-state index contributed by atoms with van der Waals surface area (Å²) < 4.78 is 48.0. The summed E-state index contributed by atoms with van der Waals surface area (Å²) in [4.78, 5) is 15.2. The number of anilines is 1. The molecule has 1 aromatic carbocycles. The summed E-state index contributed by atoms with van der Waals surface area (Å²) in [5.74, 6) is -3.63. The van der Waals surface area contributed by atoms with Crippen LogP contribution in [0.5, 0.6) is 0 Å². The molecule has 10 heteroatoms. The minimum atomic E-state index is -4.62. The Bertz CT molecular complexity index is 731. The number of alkyl halides is 2. The van der Waals surface area contributed by atoms with E-state index >= 15 is 0 Å². The maximum absolute atomic E-state index is 12.4. The number of carbonyl (C=O) groups is 1. The molecule has 0 aliphatic rings. The molecule has 0 saturated carbocycles. The maximum Gasteiger partial charge on any atom is 0.341 e. The number of nitrogens with zero attached hydrogens (tertiary/aromatic N) is 1. The van der Waals surface area contributed by atoms with Gasteiger partial charge in [0.25, 0.3) is 0 Å². The van der Waals surface area contributed by atoms with Crippen LogP contribution in [0.3, 0.4) is 0 Å². The summed E-state index contributed by atoms with van der Waals surface area (Å²) in [7, 11) is -4.62. The molecule has 2 aromatic rings. The molecule has 0 atom stereocenters. The zero-order valence-corrected chi connectivity index (χ0v) is 13.4. The Morgan fingerprint density at radius 2 is 2.00 bits per heavy atom. The summed E-state index contributed by atoms with van der Waals surface area (Å²) in [6, 6.07) is 4.60. The van der Waals surface area contributed by atoms with E-state index in [1.54, 1.807) is 11.6 Å². The van der Waals surface area contributed by atoms with E-state index < -0.39 is 20.5 Å². The summed E-state index contributed by atoms with van der Waals surface area (Å²) in [5, 5.41) is 4.34.